The first kappa shape index (κ1) is 26.6. The summed E-state index contributed by atoms with van der Waals surface area (Å²) in [5, 5.41) is 11.9. The molecular weight excluding hydrogens is 516 g/mol. The summed E-state index contributed by atoms with van der Waals surface area (Å²) in [4.78, 5) is 21.5. The van der Waals surface area contributed by atoms with Crippen molar-refractivity contribution in [3.8, 4) is 0 Å². The molecule has 5 rings (SSSR count). The molecule has 3 N–H and O–H groups in total. The molecule has 2 aliphatic heterocycles. The maximum absolute atomic E-state index is 13.8. The van der Waals surface area contributed by atoms with E-state index in [1.54, 1.807) is 31.2 Å². The van der Waals surface area contributed by atoms with Gasteiger partial charge in [0.15, 0.2) is 0 Å². The van der Waals surface area contributed by atoms with Crippen molar-refractivity contribution in [1.82, 2.24) is 4.98 Å². The fourth-order valence-corrected chi connectivity index (χ4v) is 6.14. The van der Waals surface area contributed by atoms with E-state index in [2.05, 4.69) is 19.9 Å². The highest BCUT2D eigenvalue weighted by molar-refractivity contribution is 7.92. The summed E-state index contributed by atoms with van der Waals surface area (Å²) in [5.74, 6) is -3.20. The number of benzene rings is 1. The van der Waals surface area contributed by atoms with E-state index in [1.807, 2.05) is 0 Å². The Hall–Kier alpha value is -2.99. The lowest BCUT2D eigenvalue weighted by atomic mass is 9.93. The van der Waals surface area contributed by atoms with Crippen LogP contribution in [-0.2, 0) is 10.0 Å². The summed E-state index contributed by atoms with van der Waals surface area (Å²) >= 11 is 0. The molecule has 1 spiro atoms. The van der Waals surface area contributed by atoms with E-state index in [-0.39, 0.29) is 18.9 Å². The minimum Gasteiger partial charge on any atom is -0.395 e. The lowest BCUT2D eigenvalue weighted by Crippen LogP contribution is -2.35. The first-order valence-electron chi connectivity index (χ1n) is 12.9. The fraction of sp³-hybridized carbons (Fsp3) is 0.538. The van der Waals surface area contributed by atoms with E-state index in [4.69, 9.17) is 5.11 Å². The largest absolute Gasteiger partial charge is 0.395 e. The predicted octanol–water partition coefficient (Wildman–Crippen LogP) is 3.60. The summed E-state index contributed by atoms with van der Waals surface area (Å²) in [6.07, 6.45) is 4.24. The van der Waals surface area contributed by atoms with Crippen LogP contribution >= 0.6 is 0 Å². The molecule has 206 valence electrons. The normalized spacial score (nSPS) is 20.0. The van der Waals surface area contributed by atoms with Crippen molar-refractivity contribution in [2.24, 2.45) is 5.41 Å². The van der Waals surface area contributed by atoms with Gasteiger partial charge in [0, 0.05) is 43.5 Å². The number of amides is 1. The highest BCUT2D eigenvalue weighted by Crippen LogP contribution is 2.54. The van der Waals surface area contributed by atoms with Crippen LogP contribution in [0.5, 0.6) is 0 Å². The van der Waals surface area contributed by atoms with Crippen molar-refractivity contribution in [2.45, 2.75) is 45.0 Å². The van der Waals surface area contributed by atoms with Crippen molar-refractivity contribution in [3.63, 3.8) is 0 Å². The number of alkyl halides is 2. The fourth-order valence-electron chi connectivity index (χ4n) is 5.31. The van der Waals surface area contributed by atoms with E-state index in [0.29, 0.717) is 39.6 Å². The molecular formula is C26H33F2N5O4S. The van der Waals surface area contributed by atoms with Gasteiger partial charge in [-0.2, -0.15) is 0 Å². The van der Waals surface area contributed by atoms with Gasteiger partial charge in [-0.1, -0.05) is 0 Å². The van der Waals surface area contributed by atoms with Crippen LogP contribution < -0.4 is 19.8 Å². The van der Waals surface area contributed by atoms with E-state index in [9.17, 15) is 22.0 Å². The van der Waals surface area contributed by atoms with Gasteiger partial charge < -0.3 is 20.2 Å². The SMILES string of the molecule is Cc1cc(NC(=O)c2ccc(NS(=O)(=O)CCO)cc2N2CCC3(CC2)CC3)cc(N2CCC(F)(F)C2)n1. The summed E-state index contributed by atoms with van der Waals surface area (Å²) in [7, 11) is -3.73. The monoisotopic (exact) mass is 549 g/mol. The molecule has 1 aromatic heterocycles. The summed E-state index contributed by atoms with van der Waals surface area (Å²) in [6.45, 7) is 2.53. The first-order chi connectivity index (χ1) is 18.0. The molecule has 0 atom stereocenters. The zero-order chi connectivity index (χ0) is 27.1. The van der Waals surface area contributed by atoms with Crippen LogP contribution in [0.2, 0.25) is 0 Å². The lowest BCUT2D eigenvalue weighted by molar-refractivity contribution is 0.0256. The number of aliphatic hydroxyl groups is 1. The van der Waals surface area contributed by atoms with Gasteiger partial charge in [0.05, 0.1) is 35.8 Å². The third-order valence-corrected chi connectivity index (χ3v) is 8.96. The molecule has 3 heterocycles. The lowest BCUT2D eigenvalue weighted by Gasteiger charge is -2.35. The molecule has 1 amide bonds. The maximum atomic E-state index is 13.8. The highest BCUT2D eigenvalue weighted by atomic mass is 32.2. The number of rotatable bonds is 8. The number of sulfonamides is 1. The number of pyridine rings is 1. The molecule has 0 unspecified atom stereocenters. The topological polar surface area (TPSA) is 115 Å². The Kier molecular flexibility index (Phi) is 6.97. The maximum Gasteiger partial charge on any atom is 0.266 e. The molecule has 3 fully saturated rings. The predicted molar refractivity (Wildman–Crippen MR) is 143 cm³/mol. The van der Waals surface area contributed by atoms with Crippen LogP contribution in [0.4, 0.5) is 31.7 Å². The minimum atomic E-state index is -3.73. The Morgan fingerprint density at radius 1 is 1.03 bits per heavy atom. The van der Waals surface area contributed by atoms with Crippen LogP contribution in [0.15, 0.2) is 30.3 Å². The van der Waals surface area contributed by atoms with Crippen LogP contribution in [0.1, 0.15) is 48.2 Å². The summed E-state index contributed by atoms with van der Waals surface area (Å²) in [5.41, 5.74) is 2.76. The molecule has 1 saturated carbocycles. The number of aromatic nitrogens is 1. The van der Waals surface area contributed by atoms with Gasteiger partial charge in [-0.05, 0) is 62.3 Å². The number of aryl methyl sites for hydroxylation is 1. The van der Waals surface area contributed by atoms with Gasteiger partial charge in [0.1, 0.15) is 5.82 Å². The summed E-state index contributed by atoms with van der Waals surface area (Å²) < 4.78 is 54.5. The van der Waals surface area contributed by atoms with Crippen LogP contribution in [-0.4, -0.2) is 68.9 Å². The quantitative estimate of drug-likeness (QED) is 0.461. The van der Waals surface area contributed by atoms with Crippen molar-refractivity contribution < 1.29 is 27.1 Å². The number of carbonyl (C=O) groups excluding carboxylic acids is 1. The van der Waals surface area contributed by atoms with Crippen molar-refractivity contribution >= 4 is 38.8 Å². The van der Waals surface area contributed by atoms with Crippen LogP contribution in [0.25, 0.3) is 0 Å². The Morgan fingerprint density at radius 3 is 2.37 bits per heavy atom. The zero-order valence-electron chi connectivity index (χ0n) is 21.3. The number of anilines is 4. The van der Waals surface area contributed by atoms with Crippen molar-refractivity contribution in [3.05, 3.63) is 41.6 Å². The number of carbonyl (C=O) groups is 1. The Labute approximate surface area is 221 Å². The van der Waals surface area contributed by atoms with E-state index in [0.717, 1.165) is 25.9 Å². The molecule has 1 aliphatic carbocycles. The van der Waals surface area contributed by atoms with E-state index < -0.39 is 34.9 Å². The molecule has 1 aromatic carbocycles. The highest BCUT2D eigenvalue weighted by Gasteiger charge is 2.44. The zero-order valence-corrected chi connectivity index (χ0v) is 22.2. The van der Waals surface area contributed by atoms with Crippen molar-refractivity contribution in [2.75, 3.05) is 58.4 Å². The molecule has 3 aliphatic rings. The number of halogens is 2. The van der Waals surface area contributed by atoms with E-state index in [1.165, 1.54) is 23.8 Å². The smallest absolute Gasteiger partial charge is 0.266 e. The van der Waals surface area contributed by atoms with Gasteiger partial charge in [-0.25, -0.2) is 22.2 Å². The second-order valence-electron chi connectivity index (χ2n) is 10.7. The number of nitrogens with zero attached hydrogens (tertiary/aromatic N) is 3. The molecule has 2 aromatic rings. The molecule has 12 heteroatoms. The average Bonchev–Trinajstić information content (AvgIpc) is 3.49. The van der Waals surface area contributed by atoms with Crippen molar-refractivity contribution in [1.29, 1.82) is 0 Å². The number of aliphatic hydroxyl groups excluding tert-OH is 1. The minimum absolute atomic E-state index is 0.186. The third-order valence-electron chi connectivity index (χ3n) is 7.69. The molecule has 0 bridgehead atoms. The van der Waals surface area contributed by atoms with Crippen LogP contribution in [0, 0.1) is 12.3 Å². The summed E-state index contributed by atoms with van der Waals surface area (Å²) in [6, 6.07) is 8.05. The standard InChI is InChI=1S/C26H33F2N5O4S/c1-18-14-20(16-23(29-18)33-11-8-26(27,28)17-33)30-24(35)21-3-2-19(31-38(36,37)13-12-34)15-22(21)32-9-6-25(4-5-25)7-10-32/h2-3,14-16,31,34H,4-13,17H2,1H3,(H,29,30,35). The molecule has 38 heavy (non-hydrogen) atoms. The number of hydrogen-bond acceptors (Lipinski definition) is 7. The van der Waals surface area contributed by atoms with Gasteiger partial charge >= 0.3 is 0 Å². The Morgan fingerprint density at radius 2 is 1.74 bits per heavy atom. The molecule has 9 nitrogen and oxygen atoms in total. The van der Waals surface area contributed by atoms with E-state index >= 15 is 0 Å². The number of hydrogen-bond donors (Lipinski definition) is 3. The Balaban J connectivity index is 1.40. The number of piperidine rings is 1. The van der Waals surface area contributed by atoms with Gasteiger partial charge in [0.2, 0.25) is 10.0 Å². The van der Waals surface area contributed by atoms with Gasteiger partial charge in [-0.15, -0.1) is 0 Å². The van der Waals surface area contributed by atoms with Crippen LogP contribution in [0.3, 0.4) is 0 Å². The molecule has 0 radical (unpaired) electrons. The third kappa shape index (κ3) is 6.01. The first-order valence-corrected chi connectivity index (χ1v) is 14.6. The molecule has 2 saturated heterocycles. The second kappa shape index (κ2) is 9.96. The second-order valence-corrected chi connectivity index (χ2v) is 12.5. The van der Waals surface area contributed by atoms with Gasteiger partial charge in [-0.3, -0.25) is 9.52 Å². The average molecular weight is 550 g/mol. The Bertz CT molecular complexity index is 1320. The number of nitrogens with one attached hydrogen (secondary N) is 2. The van der Waals surface area contributed by atoms with Gasteiger partial charge in [0.25, 0.3) is 11.8 Å².